The van der Waals surface area contributed by atoms with E-state index in [0.29, 0.717) is 19.5 Å². The van der Waals surface area contributed by atoms with Gasteiger partial charge in [-0.3, -0.25) is 14.7 Å². The molecule has 2 saturated heterocycles. The molecule has 1 aromatic rings. The molecule has 0 aliphatic carbocycles. The fourth-order valence-corrected chi connectivity index (χ4v) is 3.27. The number of nitrogens with zero attached hydrogens (tertiary/aromatic N) is 4. The van der Waals surface area contributed by atoms with E-state index in [9.17, 15) is 9.90 Å². The Morgan fingerprint density at radius 2 is 2.09 bits per heavy atom. The summed E-state index contributed by atoms with van der Waals surface area (Å²) in [5, 5.41) is 10.3. The molecule has 3 rings (SSSR count). The van der Waals surface area contributed by atoms with E-state index in [1.165, 1.54) is 0 Å². The van der Waals surface area contributed by atoms with Gasteiger partial charge in [0.2, 0.25) is 5.91 Å². The van der Waals surface area contributed by atoms with E-state index in [-0.39, 0.29) is 11.9 Å². The first kappa shape index (κ1) is 15.4. The van der Waals surface area contributed by atoms with Gasteiger partial charge in [0.1, 0.15) is 0 Å². The molecule has 0 aromatic carbocycles. The maximum absolute atomic E-state index is 12.4. The van der Waals surface area contributed by atoms with Crippen molar-refractivity contribution in [3.8, 4) is 0 Å². The standard InChI is InChI=1S/C16H24N4O2/c1-18-5-7-19(8-6-18)14-11-20(12-15(14)21)16(22)9-13-3-2-4-17-10-13/h2-4,10,14-15,21H,5-9,11-12H2,1H3/t14-,15-/m1/s1. The third-order valence-electron chi connectivity index (χ3n) is 4.70. The van der Waals surface area contributed by atoms with Gasteiger partial charge in [0.15, 0.2) is 0 Å². The molecule has 120 valence electrons. The highest BCUT2D eigenvalue weighted by Crippen LogP contribution is 2.19. The van der Waals surface area contributed by atoms with Crippen molar-refractivity contribution in [3.05, 3.63) is 30.1 Å². The fourth-order valence-electron chi connectivity index (χ4n) is 3.27. The van der Waals surface area contributed by atoms with Gasteiger partial charge in [-0.1, -0.05) is 6.07 Å². The van der Waals surface area contributed by atoms with Crippen LogP contribution in [-0.4, -0.2) is 89.2 Å². The molecule has 2 aliphatic heterocycles. The molecule has 1 N–H and O–H groups in total. The van der Waals surface area contributed by atoms with E-state index in [0.717, 1.165) is 31.7 Å². The zero-order chi connectivity index (χ0) is 15.5. The summed E-state index contributed by atoms with van der Waals surface area (Å²) in [5.74, 6) is 0.0728. The number of hydrogen-bond donors (Lipinski definition) is 1. The molecule has 1 aromatic heterocycles. The summed E-state index contributed by atoms with van der Waals surface area (Å²) in [7, 11) is 2.12. The second-order valence-corrected chi connectivity index (χ2v) is 6.31. The molecule has 0 saturated carbocycles. The second kappa shape index (κ2) is 6.73. The van der Waals surface area contributed by atoms with Crippen LogP contribution >= 0.6 is 0 Å². The third kappa shape index (κ3) is 3.45. The number of aliphatic hydroxyl groups excluding tert-OH is 1. The van der Waals surface area contributed by atoms with Gasteiger partial charge >= 0.3 is 0 Å². The molecular formula is C16H24N4O2. The normalized spacial score (nSPS) is 27.3. The topological polar surface area (TPSA) is 59.9 Å². The number of aliphatic hydroxyl groups is 1. The summed E-state index contributed by atoms with van der Waals surface area (Å²) in [5.41, 5.74) is 0.921. The molecule has 2 atom stereocenters. The summed E-state index contributed by atoms with van der Waals surface area (Å²) in [6.07, 6.45) is 3.34. The van der Waals surface area contributed by atoms with Crippen molar-refractivity contribution < 1.29 is 9.90 Å². The maximum atomic E-state index is 12.4. The van der Waals surface area contributed by atoms with Crippen LogP contribution in [0.2, 0.25) is 0 Å². The first-order valence-electron chi connectivity index (χ1n) is 7.91. The van der Waals surface area contributed by atoms with E-state index in [4.69, 9.17) is 0 Å². The monoisotopic (exact) mass is 304 g/mol. The van der Waals surface area contributed by atoms with Crippen molar-refractivity contribution in [1.29, 1.82) is 0 Å². The number of hydrogen-bond acceptors (Lipinski definition) is 5. The predicted molar refractivity (Wildman–Crippen MR) is 83.4 cm³/mol. The van der Waals surface area contributed by atoms with Crippen molar-refractivity contribution in [2.75, 3.05) is 46.3 Å². The highest BCUT2D eigenvalue weighted by atomic mass is 16.3. The van der Waals surface area contributed by atoms with E-state index in [2.05, 4.69) is 21.8 Å². The van der Waals surface area contributed by atoms with Crippen LogP contribution in [0.5, 0.6) is 0 Å². The van der Waals surface area contributed by atoms with Gasteiger partial charge in [0.05, 0.1) is 18.6 Å². The number of amides is 1. The zero-order valence-corrected chi connectivity index (χ0v) is 13.1. The maximum Gasteiger partial charge on any atom is 0.227 e. The van der Waals surface area contributed by atoms with E-state index >= 15 is 0 Å². The summed E-state index contributed by atoms with van der Waals surface area (Å²) in [6, 6.07) is 3.83. The molecule has 6 nitrogen and oxygen atoms in total. The molecule has 3 heterocycles. The lowest BCUT2D eigenvalue weighted by atomic mass is 10.1. The van der Waals surface area contributed by atoms with Crippen LogP contribution in [0.15, 0.2) is 24.5 Å². The van der Waals surface area contributed by atoms with Crippen LogP contribution in [0, 0.1) is 0 Å². The molecular weight excluding hydrogens is 280 g/mol. The smallest absolute Gasteiger partial charge is 0.227 e. The summed E-state index contributed by atoms with van der Waals surface area (Å²) >= 11 is 0. The molecule has 2 aliphatic rings. The summed E-state index contributed by atoms with van der Waals surface area (Å²) < 4.78 is 0. The lowest BCUT2D eigenvalue weighted by Gasteiger charge is -2.37. The van der Waals surface area contributed by atoms with Crippen molar-refractivity contribution in [2.24, 2.45) is 0 Å². The molecule has 22 heavy (non-hydrogen) atoms. The highest BCUT2D eigenvalue weighted by Gasteiger charge is 2.38. The second-order valence-electron chi connectivity index (χ2n) is 6.31. The predicted octanol–water partition coefficient (Wildman–Crippen LogP) is -0.557. The van der Waals surface area contributed by atoms with E-state index in [1.807, 2.05) is 12.1 Å². The fraction of sp³-hybridized carbons (Fsp3) is 0.625. The van der Waals surface area contributed by atoms with Crippen LogP contribution in [0.4, 0.5) is 0 Å². The quantitative estimate of drug-likeness (QED) is 0.811. The molecule has 0 bridgehead atoms. The number of likely N-dealkylation sites (tertiary alicyclic amines) is 1. The molecule has 2 fully saturated rings. The lowest BCUT2D eigenvalue weighted by molar-refractivity contribution is -0.129. The van der Waals surface area contributed by atoms with Gasteiger partial charge in [-0.2, -0.15) is 0 Å². The van der Waals surface area contributed by atoms with Crippen LogP contribution < -0.4 is 0 Å². The van der Waals surface area contributed by atoms with Gasteiger partial charge in [-0.25, -0.2) is 0 Å². The average molecular weight is 304 g/mol. The van der Waals surface area contributed by atoms with Gasteiger partial charge in [0, 0.05) is 51.7 Å². The number of carbonyl (C=O) groups is 1. The van der Waals surface area contributed by atoms with E-state index < -0.39 is 6.10 Å². The van der Waals surface area contributed by atoms with Crippen LogP contribution in [-0.2, 0) is 11.2 Å². The Balaban J connectivity index is 1.57. The van der Waals surface area contributed by atoms with Crippen molar-refractivity contribution >= 4 is 5.91 Å². The van der Waals surface area contributed by atoms with Crippen LogP contribution in [0.1, 0.15) is 5.56 Å². The molecule has 0 unspecified atom stereocenters. The highest BCUT2D eigenvalue weighted by molar-refractivity contribution is 5.79. The molecule has 1 amide bonds. The van der Waals surface area contributed by atoms with Crippen molar-refractivity contribution in [2.45, 2.75) is 18.6 Å². The number of piperazine rings is 1. The Morgan fingerprint density at radius 1 is 1.32 bits per heavy atom. The Bertz CT molecular complexity index is 502. The van der Waals surface area contributed by atoms with Crippen molar-refractivity contribution in [3.63, 3.8) is 0 Å². The first-order valence-corrected chi connectivity index (χ1v) is 7.91. The summed E-state index contributed by atoms with van der Waals surface area (Å²) in [4.78, 5) is 22.9. The average Bonchev–Trinajstić information content (AvgIpc) is 2.91. The lowest BCUT2D eigenvalue weighted by Crippen LogP contribution is -2.52. The Morgan fingerprint density at radius 3 is 2.77 bits per heavy atom. The van der Waals surface area contributed by atoms with E-state index in [1.54, 1.807) is 17.3 Å². The Hall–Kier alpha value is -1.50. The third-order valence-corrected chi connectivity index (χ3v) is 4.70. The molecule has 0 spiro atoms. The Kier molecular flexibility index (Phi) is 4.71. The van der Waals surface area contributed by atoms with Crippen molar-refractivity contribution in [1.82, 2.24) is 19.7 Å². The van der Waals surface area contributed by atoms with Crippen LogP contribution in [0.3, 0.4) is 0 Å². The number of β-amino-alcohol motifs (C(OH)–C–C–N with tert-alkyl or cyclic N) is 1. The van der Waals surface area contributed by atoms with Gasteiger partial charge in [0.25, 0.3) is 0 Å². The zero-order valence-electron chi connectivity index (χ0n) is 13.1. The number of rotatable bonds is 3. The largest absolute Gasteiger partial charge is 0.390 e. The van der Waals surface area contributed by atoms with Gasteiger partial charge in [-0.15, -0.1) is 0 Å². The van der Waals surface area contributed by atoms with Crippen LogP contribution in [0.25, 0.3) is 0 Å². The minimum Gasteiger partial charge on any atom is -0.390 e. The minimum atomic E-state index is -0.443. The molecule has 6 heteroatoms. The Labute approximate surface area is 131 Å². The SMILES string of the molecule is CN1CCN([C@@H]2CN(C(=O)Cc3cccnc3)C[C@H]2O)CC1. The molecule has 0 radical (unpaired) electrons. The van der Waals surface area contributed by atoms with Gasteiger partial charge in [-0.05, 0) is 18.7 Å². The first-order chi connectivity index (χ1) is 10.6. The summed E-state index contributed by atoms with van der Waals surface area (Å²) in [6.45, 7) is 5.03. The van der Waals surface area contributed by atoms with Gasteiger partial charge < -0.3 is 14.9 Å². The number of carbonyl (C=O) groups excluding carboxylic acids is 1. The number of aromatic nitrogens is 1. The number of likely N-dealkylation sites (N-methyl/N-ethyl adjacent to an activating group) is 1. The minimum absolute atomic E-state index is 0.0728. The number of pyridine rings is 1.